The fourth-order valence-electron chi connectivity index (χ4n) is 1.95. The van der Waals surface area contributed by atoms with E-state index in [-0.39, 0.29) is 10.4 Å². The van der Waals surface area contributed by atoms with Crippen molar-refractivity contribution in [2.24, 2.45) is 0 Å². The van der Waals surface area contributed by atoms with E-state index in [1.54, 1.807) is 17.0 Å². The average molecular weight is 365 g/mol. The fourth-order valence-corrected chi connectivity index (χ4v) is 3.06. The molecule has 1 aromatic carbocycles. The second-order valence-corrected chi connectivity index (χ2v) is 6.18. The number of amides is 1. The first-order chi connectivity index (χ1) is 8.09. The first kappa shape index (κ1) is 13.0. The van der Waals surface area contributed by atoms with Gasteiger partial charge < -0.3 is 4.90 Å². The van der Waals surface area contributed by atoms with Crippen LogP contribution in [0.5, 0.6) is 0 Å². The minimum atomic E-state index is -0.400. The van der Waals surface area contributed by atoms with Crippen molar-refractivity contribution >= 4 is 37.8 Å². The van der Waals surface area contributed by atoms with Gasteiger partial charge in [0.2, 0.25) is 0 Å². The second kappa shape index (κ2) is 5.48. The van der Waals surface area contributed by atoms with Crippen LogP contribution < -0.4 is 0 Å². The summed E-state index contributed by atoms with van der Waals surface area (Å²) in [6, 6.07) is 4.54. The molecule has 1 amide bonds. The summed E-state index contributed by atoms with van der Waals surface area (Å²) >= 11 is 6.65. The van der Waals surface area contributed by atoms with E-state index in [9.17, 15) is 9.18 Å². The molecule has 1 atom stereocenters. The maximum atomic E-state index is 13.4. The Bertz CT molecular complexity index is 439. The maximum Gasteiger partial charge on any atom is 0.255 e. The number of piperidine rings is 1. The molecule has 0 radical (unpaired) electrons. The quantitative estimate of drug-likeness (QED) is 0.697. The van der Waals surface area contributed by atoms with E-state index in [0.29, 0.717) is 16.9 Å². The molecule has 92 valence electrons. The van der Waals surface area contributed by atoms with Crippen LogP contribution in [0, 0.1) is 5.82 Å². The lowest BCUT2D eigenvalue weighted by atomic mass is 10.1. The highest BCUT2D eigenvalue weighted by atomic mass is 79.9. The van der Waals surface area contributed by atoms with E-state index >= 15 is 0 Å². The summed E-state index contributed by atoms with van der Waals surface area (Å²) in [5, 5.41) is 0. The maximum absolute atomic E-state index is 13.4. The fraction of sp³-hybridized carbons (Fsp3) is 0.417. The van der Waals surface area contributed by atoms with Crippen molar-refractivity contribution in [3.8, 4) is 0 Å². The number of hydrogen-bond donors (Lipinski definition) is 0. The molecule has 1 unspecified atom stereocenters. The number of benzene rings is 1. The normalized spacial score (nSPS) is 20.4. The molecule has 17 heavy (non-hydrogen) atoms. The Balaban J connectivity index is 2.22. The number of rotatable bonds is 1. The molecule has 1 aliphatic rings. The molecule has 2 rings (SSSR count). The van der Waals surface area contributed by atoms with E-state index in [0.717, 1.165) is 19.4 Å². The van der Waals surface area contributed by atoms with Crippen molar-refractivity contribution in [3.63, 3.8) is 0 Å². The highest BCUT2D eigenvalue weighted by Gasteiger charge is 2.24. The average Bonchev–Trinajstić information content (AvgIpc) is 2.32. The molecular weight excluding hydrogens is 353 g/mol. The van der Waals surface area contributed by atoms with Crippen LogP contribution in [-0.2, 0) is 0 Å². The summed E-state index contributed by atoms with van der Waals surface area (Å²) in [5.74, 6) is -0.510. The molecule has 1 aliphatic heterocycles. The number of carbonyl (C=O) groups excluding carboxylic acids is 1. The van der Waals surface area contributed by atoms with Crippen molar-refractivity contribution in [1.29, 1.82) is 0 Å². The highest BCUT2D eigenvalue weighted by Crippen LogP contribution is 2.24. The Morgan fingerprint density at radius 3 is 2.94 bits per heavy atom. The van der Waals surface area contributed by atoms with Gasteiger partial charge in [-0.15, -0.1) is 0 Å². The number of carbonyl (C=O) groups is 1. The van der Waals surface area contributed by atoms with Crippen LogP contribution in [0.15, 0.2) is 22.7 Å². The van der Waals surface area contributed by atoms with Gasteiger partial charge in [-0.2, -0.15) is 0 Å². The second-order valence-electron chi connectivity index (χ2n) is 4.09. The first-order valence-corrected chi connectivity index (χ1v) is 7.18. The molecule has 1 saturated heterocycles. The third-order valence-electron chi connectivity index (χ3n) is 2.83. The number of likely N-dealkylation sites (tertiary alicyclic amines) is 1. The number of alkyl halides is 1. The zero-order chi connectivity index (χ0) is 12.4. The zero-order valence-electron chi connectivity index (χ0n) is 9.13. The largest absolute Gasteiger partial charge is 0.337 e. The van der Waals surface area contributed by atoms with Gasteiger partial charge in [-0.25, -0.2) is 4.39 Å². The molecule has 0 aliphatic carbocycles. The number of halogens is 3. The van der Waals surface area contributed by atoms with Gasteiger partial charge in [-0.3, -0.25) is 4.79 Å². The van der Waals surface area contributed by atoms with Crippen molar-refractivity contribution in [2.45, 2.75) is 17.7 Å². The van der Waals surface area contributed by atoms with E-state index in [2.05, 4.69) is 31.9 Å². The van der Waals surface area contributed by atoms with Crippen LogP contribution >= 0.6 is 31.9 Å². The highest BCUT2D eigenvalue weighted by molar-refractivity contribution is 9.10. The van der Waals surface area contributed by atoms with Crippen molar-refractivity contribution in [1.82, 2.24) is 4.90 Å². The van der Waals surface area contributed by atoms with Crippen molar-refractivity contribution in [3.05, 3.63) is 34.1 Å². The minimum Gasteiger partial charge on any atom is -0.337 e. The lowest BCUT2D eigenvalue weighted by molar-refractivity contribution is 0.0728. The van der Waals surface area contributed by atoms with Gasteiger partial charge in [0.15, 0.2) is 0 Å². The lowest BCUT2D eigenvalue weighted by Crippen LogP contribution is -2.40. The minimum absolute atomic E-state index is 0.111. The summed E-state index contributed by atoms with van der Waals surface area (Å²) in [4.78, 5) is 14.3. The van der Waals surface area contributed by atoms with E-state index in [1.165, 1.54) is 6.07 Å². The Morgan fingerprint density at radius 1 is 1.47 bits per heavy atom. The number of hydrogen-bond acceptors (Lipinski definition) is 1. The van der Waals surface area contributed by atoms with Crippen molar-refractivity contribution < 1.29 is 9.18 Å². The Kier molecular flexibility index (Phi) is 4.20. The monoisotopic (exact) mass is 363 g/mol. The topological polar surface area (TPSA) is 20.3 Å². The summed E-state index contributed by atoms with van der Waals surface area (Å²) in [7, 11) is 0. The van der Waals surface area contributed by atoms with Gasteiger partial charge >= 0.3 is 0 Å². The van der Waals surface area contributed by atoms with Gasteiger partial charge in [0.1, 0.15) is 5.82 Å². The van der Waals surface area contributed by atoms with Crippen LogP contribution in [0.3, 0.4) is 0 Å². The van der Waals surface area contributed by atoms with Gasteiger partial charge in [0, 0.05) is 17.9 Å². The zero-order valence-corrected chi connectivity index (χ0v) is 12.3. The summed E-state index contributed by atoms with van der Waals surface area (Å²) in [5.41, 5.74) is 0.395. The lowest BCUT2D eigenvalue weighted by Gasteiger charge is -2.30. The molecule has 0 spiro atoms. The van der Waals surface area contributed by atoms with Crippen molar-refractivity contribution in [2.75, 3.05) is 13.1 Å². The first-order valence-electron chi connectivity index (χ1n) is 5.47. The molecule has 1 fully saturated rings. The predicted octanol–water partition coefficient (Wildman–Crippen LogP) is 3.59. The van der Waals surface area contributed by atoms with Crippen LogP contribution in [0.4, 0.5) is 4.39 Å². The molecule has 1 aromatic rings. The van der Waals surface area contributed by atoms with Crippen LogP contribution in [0.2, 0.25) is 0 Å². The van der Waals surface area contributed by atoms with Gasteiger partial charge in [-0.1, -0.05) is 22.0 Å². The summed E-state index contributed by atoms with van der Waals surface area (Å²) < 4.78 is 13.6. The molecule has 1 heterocycles. The molecule has 0 saturated carbocycles. The molecule has 0 bridgehead atoms. The SMILES string of the molecule is O=C(c1cccc(F)c1Br)N1CCCC(Br)C1. The Hall–Kier alpha value is -0.420. The smallest absolute Gasteiger partial charge is 0.255 e. The summed E-state index contributed by atoms with van der Waals surface area (Å²) in [6.45, 7) is 1.42. The predicted molar refractivity (Wildman–Crippen MR) is 72.0 cm³/mol. The third kappa shape index (κ3) is 2.88. The molecule has 5 heteroatoms. The number of nitrogens with zero attached hydrogens (tertiary/aromatic N) is 1. The molecule has 0 N–H and O–H groups in total. The Labute approximate surface area is 116 Å². The van der Waals surface area contributed by atoms with Gasteiger partial charge in [0.05, 0.1) is 10.0 Å². The van der Waals surface area contributed by atoms with Crippen LogP contribution in [0.25, 0.3) is 0 Å². The Morgan fingerprint density at radius 2 is 2.24 bits per heavy atom. The van der Waals surface area contributed by atoms with E-state index < -0.39 is 5.82 Å². The van der Waals surface area contributed by atoms with Crippen LogP contribution in [0.1, 0.15) is 23.2 Å². The molecule has 0 aromatic heterocycles. The van der Waals surface area contributed by atoms with E-state index in [1.807, 2.05) is 0 Å². The standard InChI is InChI=1S/C12H12Br2FNO/c13-8-3-2-6-16(7-8)12(17)9-4-1-5-10(15)11(9)14/h1,4-5,8H,2-3,6-7H2. The van der Waals surface area contributed by atoms with Gasteiger partial charge in [-0.05, 0) is 40.9 Å². The molecule has 2 nitrogen and oxygen atoms in total. The van der Waals surface area contributed by atoms with Crippen LogP contribution in [-0.4, -0.2) is 28.7 Å². The van der Waals surface area contributed by atoms with E-state index in [4.69, 9.17) is 0 Å². The molecular formula is C12H12Br2FNO. The summed E-state index contributed by atoms with van der Waals surface area (Å²) in [6.07, 6.45) is 2.06. The third-order valence-corrected chi connectivity index (χ3v) is 4.39. The van der Waals surface area contributed by atoms with Gasteiger partial charge in [0.25, 0.3) is 5.91 Å².